The van der Waals surface area contributed by atoms with E-state index >= 15 is 0 Å². The van der Waals surface area contributed by atoms with Gasteiger partial charge in [-0.05, 0) is 76.4 Å². The van der Waals surface area contributed by atoms with E-state index in [4.69, 9.17) is 20.9 Å². The van der Waals surface area contributed by atoms with Gasteiger partial charge in [-0.2, -0.15) is 0 Å². The Kier molecular flexibility index (Phi) is 13.8. The minimum absolute atomic E-state index is 0.0141. The molecule has 0 aliphatic heterocycles. The van der Waals surface area contributed by atoms with Gasteiger partial charge in [0, 0.05) is 30.4 Å². The Balaban J connectivity index is 1.16. The maximum Gasteiger partial charge on any atom is 0.411 e. The van der Waals surface area contributed by atoms with Gasteiger partial charge in [-0.15, -0.1) is 0 Å². The van der Waals surface area contributed by atoms with E-state index in [0.717, 1.165) is 27.8 Å². The van der Waals surface area contributed by atoms with Crippen molar-refractivity contribution in [1.29, 1.82) is 0 Å². The van der Waals surface area contributed by atoms with Gasteiger partial charge in [-0.3, -0.25) is 14.9 Å². The number of nitrogens with two attached hydrogens (primary N) is 2. The van der Waals surface area contributed by atoms with E-state index in [1.54, 1.807) is 50.2 Å². The van der Waals surface area contributed by atoms with E-state index in [1.165, 1.54) is 0 Å². The quantitative estimate of drug-likeness (QED) is 0.0742. The fraction of sp³-hybridized carbons (Fsp3) is 0.293. The number of nitrogens with one attached hydrogen (secondary N) is 5. The Morgan fingerprint density at radius 1 is 0.691 bits per heavy atom. The molecule has 14 nitrogen and oxygen atoms in total. The molecule has 2 atom stereocenters. The number of hydrogen-bond donors (Lipinski definition) is 7. The summed E-state index contributed by atoms with van der Waals surface area (Å²) in [4.78, 5) is 63.7. The molecule has 1 aliphatic rings. The molecule has 55 heavy (non-hydrogen) atoms. The third-order valence-electron chi connectivity index (χ3n) is 9.20. The highest BCUT2D eigenvalue weighted by atomic mass is 16.6. The molecule has 9 N–H and O–H groups in total. The standard InChI is InChI=1S/C41H47N7O7/c1-25(2)36(48-41(53)55-24-34-32-10-5-3-8-30(32)31-9-4-6-11-33(31)34)38(50)47-35(12-7-21-44-39(43)51)37(49)45-28-19-15-27(16-20-28)23-54-40(52)46-29-17-13-26(22-42)14-18-29/h3-6,8-11,13-20,25,34-36H,7,12,21-24,42H2,1-2H3,(H,45,49)(H,46,52)(H,47,50)(H,48,53)(H3,43,44,51)/t35-,36-/m0/s1. The molecule has 0 radical (unpaired) electrons. The fourth-order valence-electron chi connectivity index (χ4n) is 6.29. The fourth-order valence-corrected chi connectivity index (χ4v) is 6.29. The zero-order chi connectivity index (χ0) is 39.3. The lowest BCUT2D eigenvalue weighted by atomic mass is 9.98. The largest absolute Gasteiger partial charge is 0.449 e. The van der Waals surface area contributed by atoms with Gasteiger partial charge in [0.2, 0.25) is 11.8 Å². The van der Waals surface area contributed by atoms with E-state index in [9.17, 15) is 24.0 Å². The van der Waals surface area contributed by atoms with Crippen molar-refractivity contribution >= 4 is 41.4 Å². The van der Waals surface area contributed by atoms with Gasteiger partial charge < -0.3 is 42.2 Å². The van der Waals surface area contributed by atoms with Gasteiger partial charge in [0.05, 0.1) is 0 Å². The van der Waals surface area contributed by atoms with Crippen LogP contribution in [0.25, 0.3) is 11.1 Å². The highest BCUT2D eigenvalue weighted by Crippen LogP contribution is 2.44. The minimum Gasteiger partial charge on any atom is -0.449 e. The molecule has 0 bridgehead atoms. The van der Waals surface area contributed by atoms with Gasteiger partial charge in [0.25, 0.3) is 0 Å². The van der Waals surface area contributed by atoms with Crippen molar-refractivity contribution in [1.82, 2.24) is 16.0 Å². The number of primary amides is 1. The van der Waals surface area contributed by atoms with Crippen LogP contribution in [0.4, 0.5) is 25.8 Å². The Hall–Kier alpha value is -6.41. The molecule has 6 amide bonds. The molecule has 0 heterocycles. The average molecular weight is 750 g/mol. The summed E-state index contributed by atoms with van der Waals surface area (Å²) in [6, 6.07) is 27.0. The molecule has 5 rings (SSSR count). The lowest BCUT2D eigenvalue weighted by molar-refractivity contribution is -0.128. The van der Waals surface area contributed by atoms with E-state index < -0.39 is 42.1 Å². The number of benzene rings is 4. The minimum atomic E-state index is -1.03. The summed E-state index contributed by atoms with van der Waals surface area (Å²) in [5.74, 6) is -1.60. The smallest absolute Gasteiger partial charge is 0.411 e. The summed E-state index contributed by atoms with van der Waals surface area (Å²) < 4.78 is 11.0. The van der Waals surface area contributed by atoms with Crippen molar-refractivity contribution in [3.63, 3.8) is 0 Å². The van der Waals surface area contributed by atoms with Crippen molar-refractivity contribution in [2.45, 2.75) is 57.8 Å². The second kappa shape index (κ2) is 19.1. The first-order valence-electron chi connectivity index (χ1n) is 18.1. The monoisotopic (exact) mass is 749 g/mol. The SMILES string of the molecule is CC(C)[C@H](NC(=O)OCC1c2ccccc2-c2ccccc21)C(=O)N[C@@H](CCCNC(N)=O)C(=O)Nc1ccc(COC(=O)Nc2ccc(CN)cc2)cc1. The second-order valence-electron chi connectivity index (χ2n) is 13.5. The summed E-state index contributed by atoms with van der Waals surface area (Å²) in [6.45, 7) is 4.18. The molecule has 0 unspecified atom stereocenters. The number of amides is 6. The van der Waals surface area contributed by atoms with E-state index in [0.29, 0.717) is 29.9 Å². The number of rotatable bonds is 16. The Morgan fingerprint density at radius 3 is 1.85 bits per heavy atom. The second-order valence-corrected chi connectivity index (χ2v) is 13.5. The highest BCUT2D eigenvalue weighted by Gasteiger charge is 2.32. The summed E-state index contributed by atoms with van der Waals surface area (Å²) in [6.07, 6.45) is -0.910. The Bertz CT molecular complexity index is 1920. The normalized spacial score (nSPS) is 12.7. The summed E-state index contributed by atoms with van der Waals surface area (Å²) in [5.41, 5.74) is 17.7. The topological polar surface area (TPSA) is 216 Å². The molecular formula is C41H47N7O7. The molecule has 0 saturated heterocycles. The van der Waals surface area contributed by atoms with Crippen LogP contribution in [0.2, 0.25) is 0 Å². The predicted molar refractivity (Wildman–Crippen MR) is 209 cm³/mol. The molecule has 0 aromatic heterocycles. The molecule has 4 aromatic rings. The maximum absolute atomic E-state index is 13.6. The maximum atomic E-state index is 13.6. The highest BCUT2D eigenvalue weighted by molar-refractivity contribution is 5.98. The number of carbonyl (C=O) groups is 5. The van der Waals surface area contributed by atoms with Crippen molar-refractivity contribution in [2.24, 2.45) is 17.4 Å². The number of fused-ring (bicyclic) bond motifs is 3. The van der Waals surface area contributed by atoms with Gasteiger partial charge in [-0.25, -0.2) is 14.4 Å². The summed E-state index contributed by atoms with van der Waals surface area (Å²) in [5, 5.41) is 13.4. The number of urea groups is 1. The number of alkyl carbamates (subject to hydrolysis) is 1. The van der Waals surface area contributed by atoms with Gasteiger partial charge in [0.1, 0.15) is 25.3 Å². The Labute approximate surface area is 319 Å². The van der Waals surface area contributed by atoms with Crippen molar-refractivity contribution in [3.8, 4) is 11.1 Å². The van der Waals surface area contributed by atoms with Crippen molar-refractivity contribution in [3.05, 3.63) is 119 Å². The third-order valence-corrected chi connectivity index (χ3v) is 9.20. The van der Waals surface area contributed by atoms with Crippen LogP contribution in [-0.2, 0) is 32.2 Å². The van der Waals surface area contributed by atoms with Gasteiger partial charge in [-0.1, -0.05) is 86.6 Å². The first-order valence-corrected chi connectivity index (χ1v) is 18.1. The molecule has 0 saturated carbocycles. The molecule has 0 spiro atoms. The number of carbonyl (C=O) groups excluding carboxylic acids is 5. The van der Waals surface area contributed by atoms with Crippen LogP contribution in [0.3, 0.4) is 0 Å². The number of hydrogen-bond acceptors (Lipinski definition) is 8. The summed E-state index contributed by atoms with van der Waals surface area (Å²) in [7, 11) is 0. The summed E-state index contributed by atoms with van der Waals surface area (Å²) >= 11 is 0. The van der Waals surface area contributed by atoms with Crippen LogP contribution in [-0.4, -0.2) is 55.3 Å². The Morgan fingerprint density at radius 2 is 1.27 bits per heavy atom. The first kappa shape index (κ1) is 39.8. The third kappa shape index (κ3) is 11.1. The molecule has 0 fully saturated rings. The van der Waals surface area contributed by atoms with Crippen molar-refractivity contribution < 1.29 is 33.4 Å². The zero-order valence-electron chi connectivity index (χ0n) is 30.8. The molecule has 14 heteroatoms. The molecule has 4 aromatic carbocycles. The zero-order valence-corrected chi connectivity index (χ0v) is 30.8. The predicted octanol–water partition coefficient (Wildman–Crippen LogP) is 5.33. The number of anilines is 2. The molecule has 1 aliphatic carbocycles. The van der Waals surface area contributed by atoms with Gasteiger partial charge >= 0.3 is 18.2 Å². The van der Waals surface area contributed by atoms with Crippen LogP contribution in [0.5, 0.6) is 0 Å². The lowest BCUT2D eigenvalue weighted by Crippen LogP contribution is -2.54. The van der Waals surface area contributed by atoms with Crippen LogP contribution >= 0.6 is 0 Å². The molecule has 288 valence electrons. The first-order chi connectivity index (χ1) is 26.5. The lowest BCUT2D eigenvalue weighted by Gasteiger charge is -2.25. The van der Waals surface area contributed by atoms with Gasteiger partial charge in [0.15, 0.2) is 0 Å². The van der Waals surface area contributed by atoms with Crippen molar-refractivity contribution in [2.75, 3.05) is 23.8 Å². The van der Waals surface area contributed by atoms with E-state index in [2.05, 4.69) is 26.6 Å². The van der Waals surface area contributed by atoms with E-state index in [-0.39, 0.29) is 38.0 Å². The molecular weight excluding hydrogens is 702 g/mol. The van der Waals surface area contributed by atoms with Crippen LogP contribution in [0, 0.1) is 5.92 Å². The van der Waals surface area contributed by atoms with E-state index in [1.807, 2.05) is 60.7 Å². The number of ether oxygens (including phenoxy) is 2. The van der Waals surface area contributed by atoms with Crippen LogP contribution in [0.15, 0.2) is 97.1 Å². The average Bonchev–Trinajstić information content (AvgIpc) is 3.50. The van der Waals surface area contributed by atoms with Crippen LogP contribution < -0.4 is 38.1 Å². The van der Waals surface area contributed by atoms with Crippen LogP contribution in [0.1, 0.15) is 54.9 Å².